The van der Waals surface area contributed by atoms with Crippen LogP contribution >= 0.6 is 0 Å². The number of hydrogen-bond donors (Lipinski definition) is 3. The largest absolute Gasteiger partial charge is 0.507 e. The Balaban J connectivity index is 2.40. The fourth-order valence-corrected chi connectivity index (χ4v) is 2.24. The van der Waals surface area contributed by atoms with Crippen LogP contribution in [0, 0.1) is 12.8 Å². The lowest BCUT2D eigenvalue weighted by Crippen LogP contribution is -2.27. The molecular weight excluding hydrogens is 218 g/mol. The maximum Gasteiger partial charge on any atom is 0.335 e. The van der Waals surface area contributed by atoms with Gasteiger partial charge in [0.15, 0.2) is 0 Å². The van der Waals surface area contributed by atoms with Crippen molar-refractivity contribution >= 4 is 5.97 Å². The third kappa shape index (κ3) is 2.13. The molecule has 0 aromatic heterocycles. The average Bonchev–Trinajstić information content (AvgIpc) is 2.18. The van der Waals surface area contributed by atoms with Gasteiger partial charge in [0.2, 0.25) is 0 Å². The molecule has 1 aromatic carbocycles. The van der Waals surface area contributed by atoms with Crippen LogP contribution in [-0.2, 0) is 0 Å². The molecule has 0 aliphatic heterocycles. The van der Waals surface area contributed by atoms with Crippen LogP contribution < -0.4 is 5.73 Å². The van der Waals surface area contributed by atoms with Gasteiger partial charge in [-0.25, -0.2) is 4.79 Å². The minimum Gasteiger partial charge on any atom is -0.507 e. The molecule has 0 radical (unpaired) electrons. The van der Waals surface area contributed by atoms with Gasteiger partial charge in [0, 0.05) is 11.6 Å². The van der Waals surface area contributed by atoms with Crippen LogP contribution in [0.25, 0.3) is 0 Å². The smallest absolute Gasteiger partial charge is 0.335 e. The summed E-state index contributed by atoms with van der Waals surface area (Å²) in [5, 5.41) is 19.0. The molecule has 0 bridgehead atoms. The number of aromatic carboxylic acids is 1. The monoisotopic (exact) mass is 235 g/mol. The van der Waals surface area contributed by atoms with Gasteiger partial charge in [0.05, 0.1) is 5.56 Å². The van der Waals surface area contributed by atoms with Crippen LogP contribution in [-0.4, -0.2) is 16.2 Å². The first-order chi connectivity index (χ1) is 8.00. The SMILES string of the molecule is Cc1cc(C(=O)O)cc([C@H](N)C2CCC2)c1O. The molecule has 1 aliphatic rings. The second-order valence-corrected chi connectivity index (χ2v) is 4.75. The highest BCUT2D eigenvalue weighted by molar-refractivity contribution is 5.88. The molecular formula is C13H17NO3. The first kappa shape index (κ1) is 11.9. The number of benzene rings is 1. The van der Waals surface area contributed by atoms with Crippen LogP contribution in [0.5, 0.6) is 5.75 Å². The van der Waals surface area contributed by atoms with Gasteiger partial charge >= 0.3 is 5.97 Å². The van der Waals surface area contributed by atoms with Crippen molar-refractivity contribution < 1.29 is 15.0 Å². The van der Waals surface area contributed by atoms with Crippen molar-refractivity contribution in [3.8, 4) is 5.75 Å². The van der Waals surface area contributed by atoms with E-state index >= 15 is 0 Å². The summed E-state index contributed by atoms with van der Waals surface area (Å²) in [6.45, 7) is 1.69. The summed E-state index contributed by atoms with van der Waals surface area (Å²) in [6.07, 6.45) is 3.27. The summed E-state index contributed by atoms with van der Waals surface area (Å²) in [5.41, 5.74) is 7.40. The Morgan fingerprint density at radius 3 is 2.59 bits per heavy atom. The maximum atomic E-state index is 11.0. The predicted molar refractivity (Wildman–Crippen MR) is 64.1 cm³/mol. The summed E-state index contributed by atoms with van der Waals surface area (Å²) >= 11 is 0. The van der Waals surface area contributed by atoms with Crippen molar-refractivity contribution in [3.05, 3.63) is 28.8 Å². The minimum atomic E-state index is -0.991. The third-order valence-electron chi connectivity index (χ3n) is 3.59. The van der Waals surface area contributed by atoms with E-state index in [9.17, 15) is 9.90 Å². The maximum absolute atomic E-state index is 11.0. The molecule has 0 heterocycles. The lowest BCUT2D eigenvalue weighted by Gasteiger charge is -2.32. The first-order valence-electron chi connectivity index (χ1n) is 5.83. The van der Waals surface area contributed by atoms with Gasteiger partial charge in [0.1, 0.15) is 5.75 Å². The molecule has 1 aliphatic carbocycles. The van der Waals surface area contributed by atoms with Gasteiger partial charge in [-0.3, -0.25) is 0 Å². The fraction of sp³-hybridized carbons (Fsp3) is 0.462. The van der Waals surface area contributed by atoms with Gasteiger partial charge in [-0.2, -0.15) is 0 Å². The second-order valence-electron chi connectivity index (χ2n) is 4.75. The summed E-state index contributed by atoms with van der Waals surface area (Å²) in [6, 6.07) is 2.70. The summed E-state index contributed by atoms with van der Waals surface area (Å²) < 4.78 is 0. The third-order valence-corrected chi connectivity index (χ3v) is 3.59. The molecule has 1 fully saturated rings. The zero-order chi connectivity index (χ0) is 12.6. The van der Waals surface area contributed by atoms with Crippen LogP contribution in [0.3, 0.4) is 0 Å². The van der Waals surface area contributed by atoms with Crippen molar-refractivity contribution in [1.82, 2.24) is 0 Å². The van der Waals surface area contributed by atoms with Crippen molar-refractivity contribution in [2.75, 3.05) is 0 Å². The highest BCUT2D eigenvalue weighted by atomic mass is 16.4. The molecule has 2 rings (SSSR count). The molecule has 4 heteroatoms. The Labute approximate surface area is 100 Å². The van der Waals surface area contributed by atoms with Crippen molar-refractivity contribution in [2.45, 2.75) is 32.2 Å². The quantitative estimate of drug-likeness (QED) is 0.750. The van der Waals surface area contributed by atoms with E-state index in [2.05, 4.69) is 0 Å². The topological polar surface area (TPSA) is 83.5 Å². The Hall–Kier alpha value is -1.55. The fourth-order valence-electron chi connectivity index (χ4n) is 2.24. The molecule has 92 valence electrons. The summed E-state index contributed by atoms with van der Waals surface area (Å²) in [7, 11) is 0. The molecule has 1 aromatic rings. The van der Waals surface area contributed by atoms with E-state index in [4.69, 9.17) is 10.8 Å². The van der Waals surface area contributed by atoms with E-state index < -0.39 is 5.97 Å². The molecule has 0 unspecified atom stereocenters. The molecule has 0 amide bonds. The Morgan fingerprint density at radius 2 is 2.12 bits per heavy atom. The molecule has 4 nitrogen and oxygen atoms in total. The van der Waals surface area contributed by atoms with E-state index in [0.717, 1.165) is 19.3 Å². The van der Waals surface area contributed by atoms with Crippen molar-refractivity contribution in [2.24, 2.45) is 11.7 Å². The standard InChI is InChI=1S/C13H17NO3/c1-7-5-9(13(16)17)6-10(12(7)15)11(14)8-3-2-4-8/h5-6,8,11,15H,2-4,14H2,1H3,(H,16,17)/t11-/m1/s1. The number of carbonyl (C=O) groups is 1. The Bertz CT molecular complexity index is 452. The highest BCUT2D eigenvalue weighted by Crippen LogP contribution is 2.40. The Morgan fingerprint density at radius 1 is 1.47 bits per heavy atom. The number of nitrogens with two attached hydrogens (primary N) is 1. The second kappa shape index (κ2) is 4.37. The van der Waals surface area contributed by atoms with Gasteiger partial charge in [-0.05, 0) is 43.4 Å². The van der Waals surface area contributed by atoms with Crippen LogP contribution in [0.4, 0.5) is 0 Å². The lowest BCUT2D eigenvalue weighted by molar-refractivity contribution is 0.0696. The van der Waals surface area contributed by atoms with Crippen LogP contribution in [0.1, 0.15) is 46.8 Å². The van der Waals surface area contributed by atoms with Gasteiger partial charge < -0.3 is 15.9 Å². The number of rotatable bonds is 3. The number of phenolic OH excluding ortho intramolecular Hbond substituents is 1. The lowest BCUT2D eigenvalue weighted by atomic mass is 9.77. The molecule has 1 saturated carbocycles. The predicted octanol–water partition coefficient (Wildman–Crippen LogP) is 2.20. The van der Waals surface area contributed by atoms with Crippen LogP contribution in [0.2, 0.25) is 0 Å². The number of carboxylic acid groups (broad SMARTS) is 1. The van der Waals surface area contributed by atoms with Crippen LogP contribution in [0.15, 0.2) is 12.1 Å². The van der Waals surface area contributed by atoms with E-state index in [1.165, 1.54) is 12.1 Å². The van der Waals surface area contributed by atoms with Gasteiger partial charge in [-0.15, -0.1) is 0 Å². The molecule has 0 saturated heterocycles. The molecule has 17 heavy (non-hydrogen) atoms. The normalized spacial score (nSPS) is 17.5. The molecule has 0 spiro atoms. The number of carboxylic acids is 1. The van der Waals surface area contributed by atoms with Gasteiger partial charge in [-0.1, -0.05) is 6.42 Å². The highest BCUT2D eigenvalue weighted by Gasteiger charge is 2.28. The Kier molecular flexibility index (Phi) is 3.07. The molecule has 4 N–H and O–H groups in total. The van der Waals surface area contributed by atoms with E-state index in [-0.39, 0.29) is 17.4 Å². The summed E-state index contributed by atoms with van der Waals surface area (Å²) in [4.78, 5) is 11.0. The number of hydrogen-bond acceptors (Lipinski definition) is 3. The first-order valence-corrected chi connectivity index (χ1v) is 5.83. The minimum absolute atomic E-state index is 0.134. The van der Waals surface area contributed by atoms with Crippen molar-refractivity contribution in [1.29, 1.82) is 0 Å². The van der Waals surface area contributed by atoms with Gasteiger partial charge in [0.25, 0.3) is 0 Å². The summed E-state index contributed by atoms with van der Waals surface area (Å²) in [5.74, 6) is -0.492. The molecule has 1 atom stereocenters. The average molecular weight is 235 g/mol. The zero-order valence-electron chi connectivity index (χ0n) is 9.81. The zero-order valence-corrected chi connectivity index (χ0v) is 9.81. The number of phenols is 1. The number of aromatic hydroxyl groups is 1. The van der Waals surface area contributed by atoms with E-state index in [0.29, 0.717) is 17.0 Å². The van der Waals surface area contributed by atoms with E-state index in [1.807, 2.05) is 0 Å². The number of aryl methyl sites for hydroxylation is 1. The van der Waals surface area contributed by atoms with Crippen molar-refractivity contribution in [3.63, 3.8) is 0 Å². The van der Waals surface area contributed by atoms with E-state index in [1.54, 1.807) is 6.92 Å².